The summed E-state index contributed by atoms with van der Waals surface area (Å²) in [4.78, 5) is 24.8. The standard InChI is InChI=1S/C17H18N6O/c1-3-9-22-16(24)14-15(19-11(2)18-14)23-17(22)20-13(21-23)10-12-7-5-4-6-8-12/h4-8H,3,9-10H2,1-2H3,(H,18,19). The van der Waals surface area contributed by atoms with Crippen molar-refractivity contribution in [2.45, 2.75) is 33.2 Å². The van der Waals surface area contributed by atoms with Gasteiger partial charge in [0.25, 0.3) is 5.56 Å². The highest BCUT2D eigenvalue weighted by Crippen LogP contribution is 2.13. The Labute approximate surface area is 138 Å². The number of hydrogen-bond acceptors (Lipinski definition) is 4. The summed E-state index contributed by atoms with van der Waals surface area (Å²) in [6, 6.07) is 10.1. The maximum Gasteiger partial charge on any atom is 0.281 e. The molecular formula is C17H18N6O. The minimum Gasteiger partial charge on any atom is -0.336 e. The molecule has 7 nitrogen and oxygen atoms in total. The molecule has 7 heteroatoms. The molecule has 122 valence electrons. The SMILES string of the molecule is CCCn1c(=O)c2[nH]c(C)nc2n2nc(Cc3ccccc3)nc12. The largest absolute Gasteiger partial charge is 0.336 e. The molecule has 0 spiro atoms. The Hall–Kier alpha value is -2.96. The van der Waals surface area contributed by atoms with Gasteiger partial charge in [-0.1, -0.05) is 37.3 Å². The zero-order valence-corrected chi connectivity index (χ0v) is 13.7. The van der Waals surface area contributed by atoms with E-state index in [1.54, 1.807) is 9.08 Å². The van der Waals surface area contributed by atoms with Crippen LogP contribution < -0.4 is 5.56 Å². The Kier molecular flexibility index (Phi) is 3.41. The predicted octanol–water partition coefficient (Wildman–Crippen LogP) is 2.08. The lowest BCUT2D eigenvalue weighted by Crippen LogP contribution is -2.23. The van der Waals surface area contributed by atoms with Gasteiger partial charge < -0.3 is 4.98 Å². The molecule has 0 atom stereocenters. The van der Waals surface area contributed by atoms with E-state index in [0.29, 0.717) is 41.6 Å². The Balaban J connectivity index is 1.95. The highest BCUT2D eigenvalue weighted by Gasteiger charge is 2.17. The van der Waals surface area contributed by atoms with E-state index in [1.165, 1.54) is 0 Å². The first-order valence-electron chi connectivity index (χ1n) is 8.06. The number of rotatable bonds is 4. The zero-order chi connectivity index (χ0) is 16.7. The molecule has 0 bridgehead atoms. The number of hydrogen-bond donors (Lipinski definition) is 1. The Morgan fingerprint density at radius 1 is 1.17 bits per heavy atom. The minimum atomic E-state index is -0.0985. The average molecular weight is 322 g/mol. The van der Waals surface area contributed by atoms with Crippen LogP contribution in [0, 0.1) is 6.92 Å². The molecule has 3 aromatic heterocycles. The number of nitrogens with one attached hydrogen (secondary N) is 1. The second-order valence-corrected chi connectivity index (χ2v) is 5.88. The van der Waals surface area contributed by atoms with E-state index in [2.05, 4.69) is 20.1 Å². The molecule has 0 fully saturated rings. The molecule has 1 aromatic carbocycles. The van der Waals surface area contributed by atoms with Crippen molar-refractivity contribution < 1.29 is 0 Å². The molecule has 0 unspecified atom stereocenters. The van der Waals surface area contributed by atoms with Gasteiger partial charge in [-0.05, 0) is 18.9 Å². The summed E-state index contributed by atoms with van der Waals surface area (Å²) >= 11 is 0. The Morgan fingerprint density at radius 3 is 2.71 bits per heavy atom. The number of imidazole rings is 1. The zero-order valence-electron chi connectivity index (χ0n) is 13.7. The van der Waals surface area contributed by atoms with Crippen LogP contribution in [0.15, 0.2) is 35.1 Å². The van der Waals surface area contributed by atoms with E-state index in [4.69, 9.17) is 0 Å². The highest BCUT2D eigenvalue weighted by molar-refractivity contribution is 5.72. The van der Waals surface area contributed by atoms with Crippen molar-refractivity contribution in [1.82, 2.24) is 29.1 Å². The molecule has 0 amide bonds. The van der Waals surface area contributed by atoms with E-state index < -0.39 is 0 Å². The van der Waals surface area contributed by atoms with E-state index in [9.17, 15) is 4.79 Å². The van der Waals surface area contributed by atoms with Gasteiger partial charge in [0.2, 0.25) is 5.78 Å². The first kappa shape index (κ1) is 14.6. The minimum absolute atomic E-state index is 0.0985. The van der Waals surface area contributed by atoms with Crippen molar-refractivity contribution in [2.24, 2.45) is 0 Å². The van der Waals surface area contributed by atoms with Crippen LogP contribution in [-0.4, -0.2) is 29.1 Å². The fraction of sp³-hybridized carbons (Fsp3) is 0.294. The van der Waals surface area contributed by atoms with Crippen LogP contribution in [0.1, 0.15) is 30.6 Å². The van der Waals surface area contributed by atoms with Crippen molar-refractivity contribution in [3.63, 3.8) is 0 Å². The highest BCUT2D eigenvalue weighted by atomic mass is 16.1. The number of H-pyrrole nitrogens is 1. The Bertz CT molecular complexity index is 1070. The van der Waals surface area contributed by atoms with Crippen LogP contribution >= 0.6 is 0 Å². The molecular weight excluding hydrogens is 304 g/mol. The van der Waals surface area contributed by atoms with Crippen molar-refractivity contribution in [2.75, 3.05) is 0 Å². The molecule has 0 aliphatic rings. The van der Waals surface area contributed by atoms with Crippen LogP contribution in [0.25, 0.3) is 16.9 Å². The lowest BCUT2D eigenvalue weighted by Gasteiger charge is -2.04. The molecule has 0 aliphatic carbocycles. The van der Waals surface area contributed by atoms with Crippen molar-refractivity contribution in [1.29, 1.82) is 0 Å². The first-order valence-corrected chi connectivity index (χ1v) is 8.06. The number of fused-ring (bicyclic) bond motifs is 3. The fourth-order valence-corrected chi connectivity index (χ4v) is 2.95. The van der Waals surface area contributed by atoms with Gasteiger partial charge in [-0.3, -0.25) is 9.36 Å². The number of nitrogens with zero attached hydrogens (tertiary/aromatic N) is 5. The van der Waals surface area contributed by atoms with E-state index >= 15 is 0 Å². The van der Waals surface area contributed by atoms with Gasteiger partial charge in [0.05, 0.1) is 0 Å². The quantitative estimate of drug-likeness (QED) is 0.624. The molecule has 1 N–H and O–H groups in total. The van der Waals surface area contributed by atoms with Gasteiger partial charge in [-0.2, -0.15) is 9.50 Å². The van der Waals surface area contributed by atoms with E-state index in [1.807, 2.05) is 44.2 Å². The van der Waals surface area contributed by atoms with Crippen LogP contribution in [0.4, 0.5) is 0 Å². The monoisotopic (exact) mass is 322 g/mol. The fourth-order valence-electron chi connectivity index (χ4n) is 2.95. The number of aromatic nitrogens is 6. The van der Waals surface area contributed by atoms with Crippen LogP contribution in [0.3, 0.4) is 0 Å². The van der Waals surface area contributed by atoms with E-state index in [-0.39, 0.29) is 5.56 Å². The lowest BCUT2D eigenvalue weighted by molar-refractivity contribution is 0.659. The molecule has 0 radical (unpaired) electrons. The third kappa shape index (κ3) is 2.29. The number of benzene rings is 1. The molecule has 0 saturated carbocycles. The predicted molar refractivity (Wildman–Crippen MR) is 91.2 cm³/mol. The second-order valence-electron chi connectivity index (χ2n) is 5.88. The summed E-state index contributed by atoms with van der Waals surface area (Å²) in [5, 5.41) is 4.60. The van der Waals surface area contributed by atoms with Crippen molar-refractivity contribution >= 4 is 16.9 Å². The van der Waals surface area contributed by atoms with Gasteiger partial charge in [0, 0.05) is 13.0 Å². The average Bonchev–Trinajstić information content (AvgIpc) is 3.16. The number of aromatic amines is 1. The van der Waals surface area contributed by atoms with Gasteiger partial charge in [-0.15, -0.1) is 5.10 Å². The summed E-state index contributed by atoms with van der Waals surface area (Å²) in [5.41, 5.74) is 2.04. The molecule has 4 aromatic rings. The van der Waals surface area contributed by atoms with E-state index in [0.717, 1.165) is 12.0 Å². The number of aryl methyl sites for hydroxylation is 2. The molecule has 4 rings (SSSR count). The summed E-state index contributed by atoms with van der Waals surface area (Å²) < 4.78 is 3.34. The summed E-state index contributed by atoms with van der Waals surface area (Å²) in [6.45, 7) is 4.46. The van der Waals surface area contributed by atoms with Crippen LogP contribution in [0.5, 0.6) is 0 Å². The van der Waals surface area contributed by atoms with Crippen molar-refractivity contribution in [3.8, 4) is 0 Å². The van der Waals surface area contributed by atoms with Crippen LogP contribution in [-0.2, 0) is 13.0 Å². The smallest absolute Gasteiger partial charge is 0.281 e. The van der Waals surface area contributed by atoms with Gasteiger partial charge >= 0.3 is 0 Å². The lowest BCUT2D eigenvalue weighted by atomic mass is 10.1. The van der Waals surface area contributed by atoms with Crippen LogP contribution in [0.2, 0.25) is 0 Å². The van der Waals surface area contributed by atoms with Gasteiger partial charge in [-0.25, -0.2) is 4.98 Å². The third-order valence-electron chi connectivity index (χ3n) is 3.99. The topological polar surface area (TPSA) is 80.9 Å². The second kappa shape index (κ2) is 5.59. The van der Waals surface area contributed by atoms with Crippen molar-refractivity contribution in [3.05, 3.63) is 57.9 Å². The molecule has 24 heavy (non-hydrogen) atoms. The van der Waals surface area contributed by atoms with Gasteiger partial charge in [0.1, 0.15) is 5.82 Å². The maximum atomic E-state index is 12.7. The molecule has 0 aliphatic heterocycles. The summed E-state index contributed by atoms with van der Waals surface area (Å²) in [5.74, 6) is 1.92. The molecule has 3 heterocycles. The maximum absolute atomic E-state index is 12.7. The Morgan fingerprint density at radius 2 is 1.96 bits per heavy atom. The molecule has 0 saturated heterocycles. The van der Waals surface area contributed by atoms with Gasteiger partial charge in [0.15, 0.2) is 17.0 Å². The normalized spacial score (nSPS) is 11.6. The first-order chi connectivity index (χ1) is 11.7. The summed E-state index contributed by atoms with van der Waals surface area (Å²) in [6.07, 6.45) is 1.46. The summed E-state index contributed by atoms with van der Waals surface area (Å²) in [7, 11) is 0. The third-order valence-corrected chi connectivity index (χ3v) is 3.99.